The van der Waals surface area contributed by atoms with Crippen molar-refractivity contribution in [3.8, 4) is 0 Å². The van der Waals surface area contributed by atoms with Gasteiger partial charge >= 0.3 is 6.03 Å². The number of aromatic amines is 1. The molecule has 6 heteroatoms. The molecule has 23 heavy (non-hydrogen) atoms. The van der Waals surface area contributed by atoms with Gasteiger partial charge in [0.05, 0.1) is 12.6 Å². The first kappa shape index (κ1) is 13.0. The van der Waals surface area contributed by atoms with Crippen LogP contribution in [0, 0.1) is 0 Å². The van der Waals surface area contributed by atoms with Gasteiger partial charge in [0.1, 0.15) is 12.6 Å². The van der Waals surface area contributed by atoms with E-state index in [0.717, 1.165) is 23.4 Å². The Balaban J connectivity index is 1.60. The van der Waals surface area contributed by atoms with Crippen LogP contribution in [0.1, 0.15) is 11.3 Å². The molecule has 2 amide bonds. The quantitative estimate of drug-likeness (QED) is 0.821. The fraction of sp³-hybridized carbons (Fsp3) is 0.353. The second-order valence-electron chi connectivity index (χ2n) is 6.34. The topological polar surface area (TPSA) is 57.8 Å². The highest BCUT2D eigenvalue weighted by Crippen LogP contribution is 2.38. The second kappa shape index (κ2) is 4.52. The number of benzene rings is 1. The van der Waals surface area contributed by atoms with Gasteiger partial charge in [0, 0.05) is 23.6 Å². The van der Waals surface area contributed by atoms with Gasteiger partial charge in [-0.15, -0.1) is 0 Å². The van der Waals surface area contributed by atoms with Crippen LogP contribution in [0.5, 0.6) is 0 Å². The van der Waals surface area contributed by atoms with Crippen molar-refractivity contribution in [2.75, 3.05) is 13.7 Å². The molecule has 118 valence electrons. The smallest absolute Gasteiger partial charge is 0.321 e. The van der Waals surface area contributed by atoms with Crippen molar-refractivity contribution in [3.63, 3.8) is 0 Å². The van der Waals surface area contributed by atoms with Crippen LogP contribution in [0.3, 0.4) is 0 Å². The maximum absolute atomic E-state index is 12.6. The summed E-state index contributed by atoms with van der Waals surface area (Å²) in [5.41, 5.74) is 3.59. The average Bonchev–Trinajstić information content (AvgIpc) is 3.25. The van der Waals surface area contributed by atoms with Crippen molar-refractivity contribution in [3.05, 3.63) is 47.4 Å². The maximum atomic E-state index is 12.6. The Morgan fingerprint density at radius 3 is 3.00 bits per heavy atom. The third-order valence-corrected chi connectivity index (χ3v) is 5.17. The summed E-state index contributed by atoms with van der Waals surface area (Å²) >= 11 is 0. The Bertz CT molecular complexity index is 841. The van der Waals surface area contributed by atoms with Crippen LogP contribution < -0.4 is 0 Å². The minimum absolute atomic E-state index is 0.0423. The monoisotopic (exact) mass is 311 g/mol. The van der Waals surface area contributed by atoms with Crippen molar-refractivity contribution in [1.29, 1.82) is 0 Å². The number of likely N-dealkylation sites (N-methyl/N-ethyl adjacent to an activating group) is 1. The molecule has 3 aliphatic heterocycles. The van der Waals surface area contributed by atoms with Gasteiger partial charge < -0.3 is 19.7 Å². The Labute approximate surface area is 133 Å². The zero-order chi connectivity index (χ0) is 15.6. The summed E-state index contributed by atoms with van der Waals surface area (Å²) in [6.45, 7) is 1.06. The van der Waals surface area contributed by atoms with Crippen LogP contribution in [-0.4, -0.2) is 46.6 Å². The predicted molar refractivity (Wildman–Crippen MR) is 83.4 cm³/mol. The van der Waals surface area contributed by atoms with Crippen LogP contribution in [0.4, 0.5) is 4.79 Å². The Morgan fingerprint density at radius 1 is 1.30 bits per heavy atom. The number of H-pyrrole nitrogens is 1. The molecule has 0 saturated carbocycles. The van der Waals surface area contributed by atoms with Gasteiger partial charge in [0.2, 0.25) is 0 Å². The molecule has 2 atom stereocenters. The largest absolute Gasteiger partial charge is 0.357 e. The molecule has 0 spiro atoms. The number of nitrogens with zero attached hydrogens (tertiary/aromatic N) is 2. The van der Waals surface area contributed by atoms with Crippen molar-refractivity contribution in [2.24, 2.45) is 0 Å². The lowest BCUT2D eigenvalue weighted by atomic mass is 9.92. The molecule has 6 nitrogen and oxygen atoms in total. The summed E-state index contributed by atoms with van der Waals surface area (Å²) in [6, 6.07) is 8.34. The zero-order valence-corrected chi connectivity index (χ0v) is 12.8. The number of amides is 2. The van der Waals surface area contributed by atoms with Crippen molar-refractivity contribution < 1.29 is 14.6 Å². The molecule has 1 fully saturated rings. The van der Waals surface area contributed by atoms with Crippen LogP contribution in [0.25, 0.3) is 10.9 Å². The molecule has 5 rings (SSSR count). The first-order valence-corrected chi connectivity index (χ1v) is 7.85. The fourth-order valence-corrected chi connectivity index (χ4v) is 4.10. The van der Waals surface area contributed by atoms with Crippen molar-refractivity contribution in [2.45, 2.75) is 25.0 Å². The van der Waals surface area contributed by atoms with Gasteiger partial charge in [-0.3, -0.25) is 0 Å². The number of para-hydroxylation sites is 1. The summed E-state index contributed by atoms with van der Waals surface area (Å²) < 4.78 is 0. The fourth-order valence-electron chi connectivity index (χ4n) is 4.10. The van der Waals surface area contributed by atoms with E-state index in [0.29, 0.717) is 13.2 Å². The number of rotatable bonds is 1. The standard InChI is InChI=1S/C17H17N3O3/c1-19-16(15-6-7-22-23-15)14-8-11-10-4-2-3-5-12(10)18-13(11)9-20(14)17(19)21/h2-6,14,16,18H,7-9H2,1H3. The van der Waals surface area contributed by atoms with Gasteiger partial charge in [-0.25, -0.2) is 4.79 Å². The van der Waals surface area contributed by atoms with Gasteiger partial charge in [-0.05, 0) is 24.1 Å². The highest BCUT2D eigenvalue weighted by molar-refractivity contribution is 5.86. The number of carbonyl (C=O) groups is 1. The van der Waals surface area contributed by atoms with Crippen LogP contribution in [-0.2, 0) is 22.7 Å². The molecule has 1 saturated heterocycles. The lowest BCUT2D eigenvalue weighted by Gasteiger charge is -2.31. The summed E-state index contributed by atoms with van der Waals surface area (Å²) in [5.74, 6) is 0.747. The van der Waals surface area contributed by atoms with Crippen LogP contribution in [0.15, 0.2) is 36.1 Å². The van der Waals surface area contributed by atoms with Gasteiger partial charge in [0.25, 0.3) is 0 Å². The van der Waals surface area contributed by atoms with Crippen LogP contribution >= 0.6 is 0 Å². The number of hydrogen-bond acceptors (Lipinski definition) is 3. The highest BCUT2D eigenvalue weighted by atomic mass is 17.2. The second-order valence-corrected chi connectivity index (χ2v) is 6.34. The van der Waals surface area contributed by atoms with E-state index in [-0.39, 0.29) is 18.1 Å². The molecule has 3 aliphatic rings. The Kier molecular flexibility index (Phi) is 2.56. The first-order chi connectivity index (χ1) is 11.2. The van der Waals surface area contributed by atoms with E-state index in [1.54, 1.807) is 4.90 Å². The lowest BCUT2D eigenvalue weighted by molar-refractivity contribution is -0.239. The summed E-state index contributed by atoms with van der Waals surface area (Å²) in [6.07, 6.45) is 2.74. The van der Waals surface area contributed by atoms with E-state index in [1.807, 2.05) is 24.1 Å². The molecular formula is C17H17N3O3. The number of fused-ring (bicyclic) bond motifs is 4. The van der Waals surface area contributed by atoms with E-state index in [2.05, 4.69) is 23.2 Å². The lowest BCUT2D eigenvalue weighted by Crippen LogP contribution is -2.42. The average molecular weight is 311 g/mol. The molecule has 0 aliphatic carbocycles. The molecule has 1 N–H and O–H groups in total. The van der Waals surface area contributed by atoms with Crippen LogP contribution in [0.2, 0.25) is 0 Å². The molecule has 0 radical (unpaired) electrons. The maximum Gasteiger partial charge on any atom is 0.321 e. The molecule has 1 aromatic carbocycles. The molecule has 2 aromatic rings. The number of nitrogens with one attached hydrogen (secondary N) is 1. The van der Waals surface area contributed by atoms with Gasteiger partial charge in [-0.1, -0.05) is 18.2 Å². The van der Waals surface area contributed by atoms with Crippen molar-refractivity contribution >= 4 is 16.9 Å². The van der Waals surface area contributed by atoms with E-state index in [4.69, 9.17) is 9.78 Å². The van der Waals surface area contributed by atoms with Gasteiger partial charge in [0.15, 0.2) is 5.76 Å². The summed E-state index contributed by atoms with van der Waals surface area (Å²) in [5, 5.41) is 1.25. The molecule has 2 unspecified atom stereocenters. The Morgan fingerprint density at radius 2 is 2.17 bits per heavy atom. The highest BCUT2D eigenvalue weighted by Gasteiger charge is 2.49. The van der Waals surface area contributed by atoms with Crippen molar-refractivity contribution in [1.82, 2.24) is 14.8 Å². The number of carbonyl (C=O) groups excluding carboxylic acids is 1. The van der Waals surface area contributed by atoms with Gasteiger partial charge in [-0.2, -0.15) is 4.89 Å². The van der Waals surface area contributed by atoms with E-state index < -0.39 is 0 Å². The normalized spacial score (nSPS) is 26.3. The first-order valence-electron chi connectivity index (χ1n) is 7.85. The van der Waals surface area contributed by atoms with E-state index in [9.17, 15) is 4.79 Å². The molecule has 0 bridgehead atoms. The number of aromatic nitrogens is 1. The SMILES string of the molecule is CN1C(=O)N2Cc3[nH]c4ccccc4c3CC2C1C1=CCOO1. The third kappa shape index (κ3) is 1.69. The number of hydrogen-bond donors (Lipinski definition) is 1. The Hall–Kier alpha value is -2.47. The minimum Gasteiger partial charge on any atom is -0.357 e. The molecule has 1 aromatic heterocycles. The summed E-state index contributed by atoms with van der Waals surface area (Å²) in [4.78, 5) is 30.1. The number of urea groups is 1. The molecular weight excluding hydrogens is 294 g/mol. The van der Waals surface area contributed by atoms with E-state index in [1.165, 1.54) is 10.9 Å². The predicted octanol–water partition coefficient (Wildman–Crippen LogP) is 2.17. The summed E-state index contributed by atoms with van der Waals surface area (Å²) in [7, 11) is 1.83. The minimum atomic E-state index is -0.0909. The van der Waals surface area contributed by atoms with E-state index >= 15 is 0 Å². The third-order valence-electron chi connectivity index (χ3n) is 5.17. The zero-order valence-electron chi connectivity index (χ0n) is 12.8. The molecule has 4 heterocycles.